The molecule has 4 atom stereocenters. The first-order valence-electron chi connectivity index (χ1n) is 7.84. The van der Waals surface area contributed by atoms with E-state index in [0.717, 1.165) is 30.2 Å². The topological polar surface area (TPSA) is 28.4 Å². The molecule has 19 heavy (non-hydrogen) atoms. The molecule has 0 aromatic carbocycles. The summed E-state index contributed by atoms with van der Waals surface area (Å²) in [6, 6.07) is 5.12. The lowest BCUT2D eigenvalue weighted by Crippen LogP contribution is -2.40. The Hall–Kier alpha value is -0.800. The van der Waals surface area contributed by atoms with Gasteiger partial charge in [-0.25, -0.2) is 0 Å². The van der Waals surface area contributed by atoms with Crippen LogP contribution in [-0.4, -0.2) is 30.6 Å². The van der Waals surface area contributed by atoms with Crippen LogP contribution in [0.1, 0.15) is 43.6 Å². The van der Waals surface area contributed by atoms with E-state index < -0.39 is 0 Å². The average molecular weight is 260 g/mol. The molecule has 1 saturated carbocycles. The van der Waals surface area contributed by atoms with Gasteiger partial charge in [0.2, 0.25) is 0 Å². The fraction of sp³-hybridized carbons (Fsp3) is 0.750. The molecule has 3 nitrogen and oxygen atoms in total. The predicted molar refractivity (Wildman–Crippen MR) is 75.0 cm³/mol. The van der Waals surface area contributed by atoms with Gasteiger partial charge in [0.25, 0.3) is 0 Å². The molecular weight excluding hydrogens is 236 g/mol. The summed E-state index contributed by atoms with van der Waals surface area (Å²) in [4.78, 5) is 2.56. The van der Waals surface area contributed by atoms with E-state index in [4.69, 9.17) is 4.42 Å². The molecule has 1 aromatic rings. The Kier molecular flexibility index (Phi) is 2.92. The zero-order chi connectivity index (χ0) is 12.8. The summed E-state index contributed by atoms with van der Waals surface area (Å²) in [6.45, 7) is 6.95. The van der Waals surface area contributed by atoms with Crippen molar-refractivity contribution in [2.45, 2.75) is 44.7 Å². The highest BCUT2D eigenvalue weighted by Gasteiger charge is 2.37. The van der Waals surface area contributed by atoms with Gasteiger partial charge in [-0.2, -0.15) is 0 Å². The summed E-state index contributed by atoms with van der Waals surface area (Å²) in [7, 11) is 0. The molecular formula is C16H24N2O. The van der Waals surface area contributed by atoms with E-state index in [-0.39, 0.29) is 0 Å². The Balaban J connectivity index is 1.38. The normalized spacial score (nSPS) is 38.4. The van der Waals surface area contributed by atoms with E-state index in [0.29, 0.717) is 5.92 Å². The Morgan fingerprint density at radius 2 is 2.26 bits per heavy atom. The molecule has 3 heteroatoms. The number of fused-ring (bicyclic) bond motifs is 1. The van der Waals surface area contributed by atoms with Crippen molar-refractivity contribution in [1.29, 1.82) is 0 Å². The van der Waals surface area contributed by atoms with Crippen LogP contribution in [0.25, 0.3) is 0 Å². The molecule has 0 radical (unpaired) electrons. The summed E-state index contributed by atoms with van der Waals surface area (Å²) < 4.78 is 6.03. The smallest absolute Gasteiger partial charge is 0.118 e. The van der Waals surface area contributed by atoms with Crippen molar-refractivity contribution < 1.29 is 4.42 Å². The van der Waals surface area contributed by atoms with Crippen LogP contribution >= 0.6 is 0 Å². The maximum absolute atomic E-state index is 6.03. The van der Waals surface area contributed by atoms with Gasteiger partial charge in [-0.15, -0.1) is 0 Å². The van der Waals surface area contributed by atoms with Crippen LogP contribution in [0.15, 0.2) is 16.5 Å². The highest BCUT2D eigenvalue weighted by atomic mass is 16.3. The van der Waals surface area contributed by atoms with E-state index in [1.54, 1.807) is 0 Å². The fourth-order valence-electron chi connectivity index (χ4n) is 3.88. The lowest BCUT2D eigenvalue weighted by molar-refractivity contribution is 0.280. The number of piperidine rings is 1. The third-order valence-corrected chi connectivity index (χ3v) is 5.21. The number of furan rings is 1. The Morgan fingerprint density at radius 1 is 1.37 bits per heavy atom. The van der Waals surface area contributed by atoms with Gasteiger partial charge < -0.3 is 9.73 Å². The van der Waals surface area contributed by atoms with Crippen molar-refractivity contribution in [3.05, 3.63) is 23.7 Å². The standard InChI is InChI=1S/C16H24N2O/c1-11-7-14(11)16-5-4-13(19-16)9-18-8-12-3-2-6-17-15(12)10-18/h4-5,11-12,14-15,17H,2-3,6-10H2,1H3. The SMILES string of the molecule is CC1CC1c1ccc(CN2CC3CCCNC3C2)o1. The molecule has 3 fully saturated rings. The van der Waals surface area contributed by atoms with E-state index in [2.05, 4.69) is 29.3 Å². The molecule has 3 heterocycles. The number of rotatable bonds is 3. The van der Waals surface area contributed by atoms with Gasteiger partial charge in [0.1, 0.15) is 11.5 Å². The second kappa shape index (κ2) is 4.64. The minimum absolute atomic E-state index is 0.705. The monoisotopic (exact) mass is 260 g/mol. The molecule has 3 aliphatic rings. The molecule has 0 amide bonds. The molecule has 4 unspecified atom stereocenters. The summed E-state index contributed by atoms with van der Waals surface area (Å²) in [5.74, 6) is 4.78. The lowest BCUT2D eigenvalue weighted by Gasteiger charge is -2.24. The zero-order valence-corrected chi connectivity index (χ0v) is 11.8. The van der Waals surface area contributed by atoms with Crippen molar-refractivity contribution in [3.8, 4) is 0 Å². The number of hydrogen-bond donors (Lipinski definition) is 1. The highest BCUT2D eigenvalue weighted by Crippen LogP contribution is 2.47. The van der Waals surface area contributed by atoms with Crippen LogP contribution in [0.4, 0.5) is 0 Å². The zero-order valence-electron chi connectivity index (χ0n) is 11.8. The molecule has 0 bridgehead atoms. The summed E-state index contributed by atoms with van der Waals surface area (Å²) >= 11 is 0. The molecule has 1 aliphatic carbocycles. The number of likely N-dealkylation sites (tertiary alicyclic amines) is 1. The van der Waals surface area contributed by atoms with Crippen LogP contribution < -0.4 is 5.32 Å². The van der Waals surface area contributed by atoms with E-state index in [1.807, 2.05) is 0 Å². The largest absolute Gasteiger partial charge is 0.464 e. The van der Waals surface area contributed by atoms with Gasteiger partial charge in [0.05, 0.1) is 6.54 Å². The number of nitrogens with one attached hydrogen (secondary N) is 1. The molecule has 104 valence electrons. The van der Waals surface area contributed by atoms with Crippen LogP contribution in [0.3, 0.4) is 0 Å². The van der Waals surface area contributed by atoms with Crippen LogP contribution in [0.5, 0.6) is 0 Å². The van der Waals surface area contributed by atoms with Crippen molar-refractivity contribution in [2.75, 3.05) is 19.6 Å². The van der Waals surface area contributed by atoms with Gasteiger partial charge in [0.15, 0.2) is 0 Å². The van der Waals surface area contributed by atoms with E-state index in [9.17, 15) is 0 Å². The first kappa shape index (κ1) is 12.0. The van der Waals surface area contributed by atoms with Gasteiger partial charge >= 0.3 is 0 Å². The summed E-state index contributed by atoms with van der Waals surface area (Å²) in [6.07, 6.45) is 4.06. The van der Waals surface area contributed by atoms with Gasteiger partial charge in [-0.1, -0.05) is 6.92 Å². The lowest BCUT2D eigenvalue weighted by atomic mass is 9.94. The van der Waals surface area contributed by atoms with Gasteiger partial charge in [-0.3, -0.25) is 4.90 Å². The third kappa shape index (κ3) is 2.34. The minimum atomic E-state index is 0.705. The predicted octanol–water partition coefficient (Wildman–Crippen LogP) is 2.59. The number of hydrogen-bond acceptors (Lipinski definition) is 3. The molecule has 1 N–H and O–H groups in total. The summed E-state index contributed by atoms with van der Waals surface area (Å²) in [5.41, 5.74) is 0. The third-order valence-electron chi connectivity index (χ3n) is 5.21. The average Bonchev–Trinajstić information content (AvgIpc) is 2.85. The Bertz CT molecular complexity index is 441. The minimum Gasteiger partial charge on any atom is -0.464 e. The van der Waals surface area contributed by atoms with Crippen LogP contribution in [-0.2, 0) is 6.54 Å². The highest BCUT2D eigenvalue weighted by molar-refractivity contribution is 5.17. The van der Waals surface area contributed by atoms with Crippen LogP contribution in [0.2, 0.25) is 0 Å². The van der Waals surface area contributed by atoms with Gasteiger partial charge in [-0.05, 0) is 49.8 Å². The van der Waals surface area contributed by atoms with E-state index in [1.165, 1.54) is 44.7 Å². The van der Waals surface area contributed by atoms with Crippen LogP contribution in [0, 0.1) is 11.8 Å². The molecule has 4 rings (SSSR count). The summed E-state index contributed by atoms with van der Waals surface area (Å²) in [5, 5.41) is 3.66. The van der Waals surface area contributed by atoms with E-state index >= 15 is 0 Å². The second-order valence-corrected chi connectivity index (χ2v) is 6.78. The molecule has 1 aromatic heterocycles. The van der Waals surface area contributed by atoms with Gasteiger partial charge in [0, 0.05) is 25.0 Å². The van der Waals surface area contributed by atoms with Crippen molar-refractivity contribution in [1.82, 2.24) is 10.2 Å². The second-order valence-electron chi connectivity index (χ2n) is 6.78. The van der Waals surface area contributed by atoms with Crippen molar-refractivity contribution >= 4 is 0 Å². The fourth-order valence-corrected chi connectivity index (χ4v) is 3.88. The Labute approximate surface area is 115 Å². The first-order chi connectivity index (χ1) is 9.29. The first-order valence-corrected chi connectivity index (χ1v) is 7.84. The number of nitrogens with zero attached hydrogens (tertiary/aromatic N) is 1. The van der Waals surface area contributed by atoms with Crippen molar-refractivity contribution in [2.24, 2.45) is 11.8 Å². The Morgan fingerprint density at radius 3 is 3.05 bits per heavy atom. The molecule has 2 saturated heterocycles. The molecule has 0 spiro atoms. The quantitative estimate of drug-likeness (QED) is 0.905. The maximum Gasteiger partial charge on any atom is 0.118 e. The van der Waals surface area contributed by atoms with Crippen molar-refractivity contribution in [3.63, 3.8) is 0 Å². The molecule has 2 aliphatic heterocycles. The maximum atomic E-state index is 6.03.